The first kappa shape index (κ1) is 18.4. The number of para-hydroxylation sites is 1. The van der Waals surface area contributed by atoms with Crippen molar-refractivity contribution in [3.63, 3.8) is 0 Å². The van der Waals surface area contributed by atoms with Gasteiger partial charge in [0.25, 0.3) is 0 Å². The fraction of sp³-hybridized carbons (Fsp3) is 0.556. The van der Waals surface area contributed by atoms with Gasteiger partial charge in [0.2, 0.25) is 11.8 Å². The summed E-state index contributed by atoms with van der Waals surface area (Å²) in [4.78, 5) is 28.0. The number of anilines is 1. The summed E-state index contributed by atoms with van der Waals surface area (Å²) in [5, 5.41) is 2.78. The molecule has 6 heteroatoms. The Balaban J connectivity index is 2.21. The van der Waals surface area contributed by atoms with E-state index in [0.29, 0.717) is 19.7 Å². The Labute approximate surface area is 143 Å². The second kappa shape index (κ2) is 8.80. The lowest BCUT2D eigenvalue weighted by atomic mass is 10.0. The minimum absolute atomic E-state index is 0.0319. The highest BCUT2D eigenvalue weighted by molar-refractivity contribution is 5.96. The molecule has 0 unspecified atom stereocenters. The number of carbonyl (C=O) groups is 2. The van der Waals surface area contributed by atoms with Gasteiger partial charge in [-0.3, -0.25) is 19.4 Å². The van der Waals surface area contributed by atoms with E-state index in [0.717, 1.165) is 23.2 Å². The predicted octanol–water partition coefficient (Wildman–Crippen LogP) is 1.32. The van der Waals surface area contributed by atoms with Crippen molar-refractivity contribution >= 4 is 17.5 Å². The Bertz CT molecular complexity index is 589. The molecule has 0 spiro atoms. The lowest BCUT2D eigenvalue weighted by Crippen LogP contribution is -2.51. The summed E-state index contributed by atoms with van der Waals surface area (Å²) in [7, 11) is 0. The molecule has 1 heterocycles. The maximum Gasteiger partial charge on any atom is 0.243 e. The van der Waals surface area contributed by atoms with Crippen molar-refractivity contribution in [2.75, 3.05) is 44.4 Å². The van der Waals surface area contributed by atoms with E-state index < -0.39 is 0 Å². The first-order chi connectivity index (χ1) is 11.6. The molecule has 0 saturated carbocycles. The summed E-state index contributed by atoms with van der Waals surface area (Å²) in [6.45, 7) is 8.54. The zero-order valence-electron chi connectivity index (χ0n) is 14.8. The number of aryl methyl sites for hydroxylation is 2. The van der Waals surface area contributed by atoms with Crippen LogP contribution in [-0.4, -0.2) is 56.2 Å². The van der Waals surface area contributed by atoms with E-state index >= 15 is 0 Å². The quantitative estimate of drug-likeness (QED) is 0.765. The molecule has 0 atom stereocenters. The van der Waals surface area contributed by atoms with Crippen molar-refractivity contribution in [3.8, 4) is 0 Å². The highest BCUT2D eigenvalue weighted by atomic mass is 16.5. The first-order valence-corrected chi connectivity index (χ1v) is 8.52. The van der Waals surface area contributed by atoms with Gasteiger partial charge < -0.3 is 10.1 Å². The Kier molecular flexibility index (Phi) is 6.75. The van der Waals surface area contributed by atoms with Crippen molar-refractivity contribution in [3.05, 3.63) is 29.3 Å². The second-order valence-electron chi connectivity index (χ2n) is 5.94. The molecule has 1 N–H and O–H groups in total. The lowest BCUT2D eigenvalue weighted by Gasteiger charge is -2.31. The van der Waals surface area contributed by atoms with Crippen LogP contribution in [0.1, 0.15) is 25.0 Å². The molecule has 1 fully saturated rings. The largest absolute Gasteiger partial charge is 0.361 e. The molecule has 132 valence electrons. The SMILES string of the molecule is CCOCN(C(=O)CN1CCNC(=O)C1)c1c(C)cccc1CC. The van der Waals surface area contributed by atoms with Crippen LogP contribution >= 0.6 is 0 Å². The molecular weight excluding hydrogens is 306 g/mol. The molecular formula is C18H27N3O3. The third kappa shape index (κ3) is 4.55. The third-order valence-corrected chi connectivity index (χ3v) is 4.17. The van der Waals surface area contributed by atoms with Crippen LogP contribution in [-0.2, 0) is 20.7 Å². The maximum atomic E-state index is 12.9. The Hall–Kier alpha value is -1.92. The monoisotopic (exact) mass is 333 g/mol. The standard InChI is InChI=1S/C18H27N3O3/c1-4-15-8-6-7-14(3)18(15)21(13-24-5-2)17(23)12-20-10-9-19-16(22)11-20/h6-8H,4-5,9-13H2,1-3H3,(H,19,22). The van der Waals surface area contributed by atoms with E-state index in [4.69, 9.17) is 4.74 Å². The maximum absolute atomic E-state index is 12.9. The molecule has 1 aromatic rings. The third-order valence-electron chi connectivity index (χ3n) is 4.17. The zero-order valence-corrected chi connectivity index (χ0v) is 14.8. The van der Waals surface area contributed by atoms with Crippen LogP contribution in [0.3, 0.4) is 0 Å². The van der Waals surface area contributed by atoms with Crippen LogP contribution in [0.15, 0.2) is 18.2 Å². The van der Waals surface area contributed by atoms with Crippen LogP contribution in [0.5, 0.6) is 0 Å². The molecule has 1 aliphatic rings. The van der Waals surface area contributed by atoms with Gasteiger partial charge in [-0.2, -0.15) is 0 Å². The van der Waals surface area contributed by atoms with E-state index in [9.17, 15) is 9.59 Å². The molecule has 0 aromatic heterocycles. The Morgan fingerprint density at radius 2 is 2.17 bits per heavy atom. The fourth-order valence-corrected chi connectivity index (χ4v) is 2.94. The van der Waals surface area contributed by atoms with Crippen LogP contribution in [0.25, 0.3) is 0 Å². The molecule has 6 nitrogen and oxygen atoms in total. The summed E-state index contributed by atoms with van der Waals surface area (Å²) >= 11 is 0. The minimum Gasteiger partial charge on any atom is -0.361 e. The van der Waals surface area contributed by atoms with Crippen molar-refractivity contribution in [1.82, 2.24) is 10.2 Å². The summed E-state index contributed by atoms with van der Waals surface area (Å²) in [6.07, 6.45) is 0.846. The van der Waals surface area contributed by atoms with Gasteiger partial charge in [0, 0.05) is 19.7 Å². The van der Waals surface area contributed by atoms with Gasteiger partial charge in [0.05, 0.1) is 18.8 Å². The van der Waals surface area contributed by atoms with Crippen molar-refractivity contribution in [1.29, 1.82) is 0 Å². The highest BCUT2D eigenvalue weighted by Crippen LogP contribution is 2.26. The molecule has 0 aliphatic carbocycles. The van der Waals surface area contributed by atoms with Crippen LogP contribution in [0.4, 0.5) is 5.69 Å². The number of nitrogens with zero attached hydrogens (tertiary/aromatic N) is 2. The number of hydrogen-bond acceptors (Lipinski definition) is 4. The van der Waals surface area contributed by atoms with Gasteiger partial charge in [0.1, 0.15) is 6.73 Å². The van der Waals surface area contributed by atoms with Crippen LogP contribution < -0.4 is 10.2 Å². The average molecular weight is 333 g/mol. The van der Waals surface area contributed by atoms with E-state index in [1.165, 1.54) is 0 Å². The molecule has 1 saturated heterocycles. The van der Waals surface area contributed by atoms with Gasteiger partial charge in [-0.1, -0.05) is 25.1 Å². The number of amides is 2. The molecule has 2 rings (SSSR count). The second-order valence-corrected chi connectivity index (χ2v) is 5.94. The van der Waals surface area contributed by atoms with Crippen LogP contribution in [0.2, 0.25) is 0 Å². The predicted molar refractivity (Wildman–Crippen MR) is 94.0 cm³/mol. The molecule has 0 radical (unpaired) electrons. The first-order valence-electron chi connectivity index (χ1n) is 8.52. The van der Waals surface area contributed by atoms with Crippen molar-refractivity contribution in [2.45, 2.75) is 27.2 Å². The van der Waals surface area contributed by atoms with Gasteiger partial charge >= 0.3 is 0 Å². The fourth-order valence-electron chi connectivity index (χ4n) is 2.94. The number of piperazine rings is 1. The number of carbonyl (C=O) groups excluding carboxylic acids is 2. The summed E-state index contributed by atoms with van der Waals surface area (Å²) in [5.41, 5.74) is 3.11. The highest BCUT2D eigenvalue weighted by Gasteiger charge is 2.24. The number of ether oxygens (including phenoxy) is 1. The number of benzene rings is 1. The van der Waals surface area contributed by atoms with Gasteiger partial charge in [-0.25, -0.2) is 0 Å². The van der Waals surface area contributed by atoms with E-state index in [2.05, 4.69) is 12.2 Å². The molecule has 1 aromatic carbocycles. The number of nitrogens with one attached hydrogen (secondary N) is 1. The lowest BCUT2D eigenvalue weighted by molar-refractivity contribution is -0.126. The number of hydrogen-bond donors (Lipinski definition) is 1. The van der Waals surface area contributed by atoms with Crippen molar-refractivity contribution in [2.24, 2.45) is 0 Å². The summed E-state index contributed by atoms with van der Waals surface area (Å²) < 4.78 is 5.54. The van der Waals surface area contributed by atoms with E-state index in [1.54, 1.807) is 4.90 Å². The van der Waals surface area contributed by atoms with Gasteiger partial charge in [-0.05, 0) is 31.4 Å². The molecule has 1 aliphatic heterocycles. The van der Waals surface area contributed by atoms with E-state index in [1.807, 2.05) is 36.9 Å². The smallest absolute Gasteiger partial charge is 0.243 e. The summed E-state index contributed by atoms with van der Waals surface area (Å²) in [5.74, 6) is -0.0716. The van der Waals surface area contributed by atoms with Crippen LogP contribution in [0, 0.1) is 6.92 Å². The normalized spacial score (nSPS) is 15.2. The minimum atomic E-state index is -0.0397. The Morgan fingerprint density at radius 3 is 2.83 bits per heavy atom. The molecule has 2 amide bonds. The number of rotatable bonds is 7. The summed E-state index contributed by atoms with van der Waals surface area (Å²) in [6, 6.07) is 6.06. The van der Waals surface area contributed by atoms with Gasteiger partial charge in [-0.15, -0.1) is 0 Å². The zero-order chi connectivity index (χ0) is 17.5. The Morgan fingerprint density at radius 1 is 1.38 bits per heavy atom. The molecule has 24 heavy (non-hydrogen) atoms. The van der Waals surface area contributed by atoms with Crippen molar-refractivity contribution < 1.29 is 14.3 Å². The average Bonchev–Trinajstić information content (AvgIpc) is 2.56. The van der Waals surface area contributed by atoms with E-state index in [-0.39, 0.29) is 31.6 Å². The topological polar surface area (TPSA) is 61.9 Å². The molecule has 0 bridgehead atoms. The van der Waals surface area contributed by atoms with Gasteiger partial charge in [0.15, 0.2) is 0 Å².